The van der Waals surface area contributed by atoms with Gasteiger partial charge in [0.1, 0.15) is 4.88 Å². The average Bonchev–Trinajstić information content (AvgIpc) is 2.86. The molecule has 0 saturated heterocycles. The summed E-state index contributed by atoms with van der Waals surface area (Å²) >= 11 is 7.42. The van der Waals surface area contributed by atoms with E-state index in [1.165, 1.54) is 11.3 Å². The number of terminal acetylenes is 1. The Morgan fingerprint density at radius 1 is 1.43 bits per heavy atom. The molecule has 1 aromatic carbocycles. The Morgan fingerprint density at radius 2 is 2.22 bits per heavy atom. The standard InChI is InChI=1S/C17H14ClN3OS/c1-4-15-10(3)20-17(23-15)19-9(2)13-8-11-7-12(18)5-6-14(11)21-16(13)22/h1,5-9H,2-3H3,(H,19,20)(H,21,22)/t9-/m0/s1. The van der Waals surface area contributed by atoms with Crippen molar-refractivity contribution in [2.75, 3.05) is 5.32 Å². The third-order valence-corrected chi connectivity index (χ3v) is 4.82. The molecule has 6 heteroatoms. The van der Waals surface area contributed by atoms with Gasteiger partial charge in [-0.15, -0.1) is 6.42 Å². The van der Waals surface area contributed by atoms with Crippen LogP contribution in [0.25, 0.3) is 10.9 Å². The van der Waals surface area contributed by atoms with Crippen LogP contribution in [0.5, 0.6) is 0 Å². The molecule has 0 aliphatic carbocycles. The van der Waals surface area contributed by atoms with Gasteiger partial charge in [-0.3, -0.25) is 4.79 Å². The van der Waals surface area contributed by atoms with E-state index in [1.54, 1.807) is 12.1 Å². The number of pyridine rings is 1. The molecule has 23 heavy (non-hydrogen) atoms. The van der Waals surface area contributed by atoms with Gasteiger partial charge in [0.05, 0.1) is 11.7 Å². The molecule has 0 aliphatic heterocycles. The molecule has 0 saturated carbocycles. The van der Waals surface area contributed by atoms with Gasteiger partial charge in [0.15, 0.2) is 5.13 Å². The third kappa shape index (κ3) is 3.09. The summed E-state index contributed by atoms with van der Waals surface area (Å²) < 4.78 is 0. The maximum atomic E-state index is 12.3. The van der Waals surface area contributed by atoms with E-state index in [0.717, 1.165) is 21.5 Å². The Labute approximate surface area is 142 Å². The summed E-state index contributed by atoms with van der Waals surface area (Å²) in [6, 6.07) is 7.01. The molecule has 0 aliphatic rings. The highest BCUT2D eigenvalue weighted by Gasteiger charge is 2.14. The first-order valence-electron chi connectivity index (χ1n) is 7.01. The molecule has 3 aromatic rings. The van der Waals surface area contributed by atoms with Gasteiger partial charge in [-0.1, -0.05) is 28.9 Å². The number of anilines is 1. The lowest BCUT2D eigenvalue weighted by atomic mass is 10.1. The van der Waals surface area contributed by atoms with E-state index in [4.69, 9.17) is 18.0 Å². The predicted octanol–water partition coefficient (Wildman–Crippen LogP) is 4.10. The zero-order chi connectivity index (χ0) is 16.6. The molecule has 0 amide bonds. The molecular weight excluding hydrogens is 330 g/mol. The Kier molecular flexibility index (Phi) is 4.12. The topological polar surface area (TPSA) is 57.8 Å². The van der Waals surface area contributed by atoms with Gasteiger partial charge < -0.3 is 10.3 Å². The second-order valence-electron chi connectivity index (χ2n) is 5.23. The fourth-order valence-corrected chi connectivity index (χ4v) is 3.42. The Balaban J connectivity index is 1.96. The molecule has 0 bridgehead atoms. The highest BCUT2D eigenvalue weighted by Crippen LogP contribution is 2.26. The van der Waals surface area contributed by atoms with Crippen LogP contribution in [0.3, 0.4) is 0 Å². The Hall–Kier alpha value is -2.29. The summed E-state index contributed by atoms with van der Waals surface area (Å²) in [5.41, 5.74) is 2.06. The van der Waals surface area contributed by atoms with E-state index in [0.29, 0.717) is 15.7 Å². The Morgan fingerprint density at radius 3 is 2.91 bits per heavy atom. The lowest BCUT2D eigenvalue weighted by Gasteiger charge is -2.13. The van der Waals surface area contributed by atoms with Gasteiger partial charge in [0, 0.05) is 21.5 Å². The van der Waals surface area contributed by atoms with E-state index in [-0.39, 0.29) is 11.6 Å². The van der Waals surface area contributed by atoms with Crippen LogP contribution in [0.4, 0.5) is 5.13 Å². The molecule has 3 rings (SSSR count). The molecule has 2 N–H and O–H groups in total. The van der Waals surface area contributed by atoms with Crippen molar-refractivity contribution in [3.05, 3.63) is 55.8 Å². The molecule has 2 aromatic heterocycles. The number of aromatic amines is 1. The Bertz CT molecular complexity index is 984. The number of halogens is 1. The number of nitrogens with zero attached hydrogens (tertiary/aromatic N) is 1. The maximum Gasteiger partial charge on any atom is 0.253 e. The van der Waals surface area contributed by atoms with E-state index in [2.05, 4.69) is 21.2 Å². The van der Waals surface area contributed by atoms with Gasteiger partial charge in [0.2, 0.25) is 0 Å². The number of benzene rings is 1. The van der Waals surface area contributed by atoms with Crippen LogP contribution in [0.2, 0.25) is 5.02 Å². The molecule has 0 unspecified atom stereocenters. The van der Waals surface area contributed by atoms with Gasteiger partial charge in [-0.2, -0.15) is 0 Å². The molecule has 2 heterocycles. The number of fused-ring (bicyclic) bond motifs is 1. The lowest BCUT2D eigenvalue weighted by Crippen LogP contribution is -2.19. The summed E-state index contributed by atoms with van der Waals surface area (Å²) in [5, 5.41) is 5.45. The van der Waals surface area contributed by atoms with Crippen molar-refractivity contribution in [1.82, 2.24) is 9.97 Å². The van der Waals surface area contributed by atoms with Crippen molar-refractivity contribution in [3.8, 4) is 12.3 Å². The minimum Gasteiger partial charge on any atom is -0.355 e. The van der Waals surface area contributed by atoms with E-state index in [1.807, 2.05) is 26.0 Å². The number of nitrogens with one attached hydrogen (secondary N) is 2. The number of thiazole rings is 1. The summed E-state index contributed by atoms with van der Waals surface area (Å²) in [6.45, 7) is 3.78. The number of aryl methyl sites for hydroxylation is 1. The largest absolute Gasteiger partial charge is 0.355 e. The summed E-state index contributed by atoms with van der Waals surface area (Å²) in [6.07, 6.45) is 5.43. The number of hydrogen-bond acceptors (Lipinski definition) is 4. The number of aromatic nitrogens is 2. The van der Waals surface area contributed by atoms with E-state index in [9.17, 15) is 4.79 Å². The second-order valence-corrected chi connectivity index (χ2v) is 6.66. The van der Waals surface area contributed by atoms with Crippen LogP contribution in [-0.4, -0.2) is 9.97 Å². The van der Waals surface area contributed by atoms with E-state index < -0.39 is 0 Å². The SMILES string of the molecule is C#Cc1sc(N[C@@H](C)c2cc3cc(Cl)ccc3[nH]c2=O)nc1C. The fourth-order valence-electron chi connectivity index (χ4n) is 2.37. The van der Waals surface area contributed by atoms with Crippen molar-refractivity contribution in [2.24, 2.45) is 0 Å². The van der Waals surface area contributed by atoms with Crippen molar-refractivity contribution >= 4 is 39.0 Å². The fraction of sp³-hybridized carbons (Fsp3) is 0.176. The van der Waals surface area contributed by atoms with Gasteiger partial charge in [0.25, 0.3) is 5.56 Å². The summed E-state index contributed by atoms with van der Waals surface area (Å²) in [7, 11) is 0. The van der Waals surface area contributed by atoms with Gasteiger partial charge >= 0.3 is 0 Å². The first kappa shape index (κ1) is 15.6. The van der Waals surface area contributed by atoms with Crippen LogP contribution in [-0.2, 0) is 0 Å². The van der Waals surface area contributed by atoms with Crippen LogP contribution < -0.4 is 10.9 Å². The molecule has 1 atom stereocenters. The normalized spacial score (nSPS) is 12.1. The highest BCUT2D eigenvalue weighted by atomic mass is 35.5. The molecule has 0 fully saturated rings. The second kappa shape index (κ2) is 6.07. The smallest absolute Gasteiger partial charge is 0.253 e. The third-order valence-electron chi connectivity index (χ3n) is 3.57. The molecule has 116 valence electrons. The lowest BCUT2D eigenvalue weighted by molar-refractivity contribution is 0.862. The predicted molar refractivity (Wildman–Crippen MR) is 96.4 cm³/mol. The van der Waals surface area contributed by atoms with Gasteiger partial charge in [-0.05, 0) is 38.1 Å². The summed E-state index contributed by atoms with van der Waals surface area (Å²) in [5.74, 6) is 2.60. The highest BCUT2D eigenvalue weighted by molar-refractivity contribution is 7.16. The van der Waals surface area contributed by atoms with Crippen LogP contribution >= 0.6 is 22.9 Å². The first-order chi connectivity index (χ1) is 11.0. The monoisotopic (exact) mass is 343 g/mol. The minimum atomic E-state index is -0.210. The molecular formula is C17H14ClN3OS. The first-order valence-corrected chi connectivity index (χ1v) is 8.20. The summed E-state index contributed by atoms with van der Waals surface area (Å²) in [4.78, 5) is 20.4. The quantitative estimate of drug-likeness (QED) is 0.704. The van der Waals surface area contributed by atoms with Crippen LogP contribution in [0.15, 0.2) is 29.1 Å². The zero-order valence-electron chi connectivity index (χ0n) is 12.6. The van der Waals surface area contributed by atoms with E-state index >= 15 is 0 Å². The molecule has 0 spiro atoms. The van der Waals surface area contributed by atoms with Crippen molar-refractivity contribution < 1.29 is 0 Å². The van der Waals surface area contributed by atoms with Crippen molar-refractivity contribution in [2.45, 2.75) is 19.9 Å². The number of H-pyrrole nitrogens is 1. The van der Waals surface area contributed by atoms with Crippen LogP contribution in [0, 0.1) is 19.3 Å². The minimum absolute atomic E-state index is 0.134. The van der Waals surface area contributed by atoms with Gasteiger partial charge in [-0.25, -0.2) is 4.98 Å². The zero-order valence-corrected chi connectivity index (χ0v) is 14.2. The maximum absolute atomic E-state index is 12.3. The van der Waals surface area contributed by atoms with Crippen molar-refractivity contribution in [3.63, 3.8) is 0 Å². The van der Waals surface area contributed by atoms with Crippen molar-refractivity contribution in [1.29, 1.82) is 0 Å². The number of hydrogen-bond donors (Lipinski definition) is 2. The average molecular weight is 344 g/mol. The van der Waals surface area contributed by atoms with Crippen LogP contribution in [0.1, 0.15) is 29.1 Å². The molecule has 0 radical (unpaired) electrons. The number of rotatable bonds is 3. The molecule has 4 nitrogen and oxygen atoms in total.